The highest BCUT2D eigenvalue weighted by Gasteiger charge is 2.36. The van der Waals surface area contributed by atoms with Crippen LogP contribution in [0.15, 0.2) is 0 Å². The van der Waals surface area contributed by atoms with Crippen molar-refractivity contribution >= 4 is 5.91 Å². The van der Waals surface area contributed by atoms with Gasteiger partial charge >= 0.3 is 0 Å². The van der Waals surface area contributed by atoms with Crippen LogP contribution in [0.25, 0.3) is 0 Å². The van der Waals surface area contributed by atoms with E-state index in [4.69, 9.17) is 0 Å². The number of carbonyl (C=O) groups excluding carboxylic acids is 1. The van der Waals surface area contributed by atoms with Gasteiger partial charge in [-0.05, 0) is 32.4 Å². The molecule has 2 fully saturated rings. The second kappa shape index (κ2) is 6.90. The lowest BCUT2D eigenvalue weighted by Gasteiger charge is -2.33. The summed E-state index contributed by atoms with van der Waals surface area (Å²) in [5.41, 5.74) is -0.720. The summed E-state index contributed by atoms with van der Waals surface area (Å²) >= 11 is 0. The molecule has 1 N–H and O–H groups in total. The summed E-state index contributed by atoms with van der Waals surface area (Å²) in [6, 6.07) is 0.509. The molecule has 1 heterocycles. The Hall–Kier alpha value is -0.610. The molecule has 20 heavy (non-hydrogen) atoms. The summed E-state index contributed by atoms with van der Waals surface area (Å²) < 4.78 is 0. The first-order valence-electron chi connectivity index (χ1n) is 8.32. The summed E-state index contributed by atoms with van der Waals surface area (Å²) in [5.74, 6) is 0.157. The first-order valence-corrected chi connectivity index (χ1v) is 8.32. The van der Waals surface area contributed by atoms with E-state index in [1.54, 1.807) is 0 Å². The molecule has 0 spiro atoms. The molecule has 0 aromatic carbocycles. The molecule has 1 atom stereocenters. The van der Waals surface area contributed by atoms with Gasteiger partial charge in [0.05, 0.1) is 12.0 Å². The van der Waals surface area contributed by atoms with Gasteiger partial charge in [-0.3, -0.25) is 9.69 Å². The van der Waals surface area contributed by atoms with Gasteiger partial charge in [-0.25, -0.2) is 0 Å². The molecule has 1 aliphatic heterocycles. The van der Waals surface area contributed by atoms with E-state index in [1.165, 1.54) is 6.42 Å². The van der Waals surface area contributed by atoms with Crippen molar-refractivity contribution in [3.8, 4) is 0 Å². The number of nitrogens with zero attached hydrogens (tertiary/aromatic N) is 2. The number of hydrogen-bond acceptors (Lipinski definition) is 3. The van der Waals surface area contributed by atoms with Gasteiger partial charge in [-0.2, -0.15) is 0 Å². The number of likely N-dealkylation sites (N-methyl/N-ethyl adjacent to an activating group) is 1. The number of likely N-dealkylation sites (tertiary alicyclic amines) is 1. The lowest BCUT2D eigenvalue weighted by Crippen LogP contribution is -2.42. The van der Waals surface area contributed by atoms with Gasteiger partial charge in [0.2, 0.25) is 5.91 Å². The molecule has 1 aliphatic carbocycles. The molecule has 1 amide bonds. The highest BCUT2D eigenvalue weighted by molar-refractivity contribution is 5.77. The number of amides is 1. The molecular weight excluding hydrogens is 252 g/mol. The molecule has 0 aromatic heterocycles. The number of carbonyl (C=O) groups is 1. The SMILES string of the molecule is CCN(CC)C1CCN(C(=O)CC2(O)CCCCC2)C1. The predicted molar refractivity (Wildman–Crippen MR) is 80.6 cm³/mol. The fourth-order valence-corrected chi connectivity index (χ4v) is 3.79. The van der Waals surface area contributed by atoms with Crippen molar-refractivity contribution in [1.82, 2.24) is 9.80 Å². The minimum Gasteiger partial charge on any atom is -0.389 e. The summed E-state index contributed by atoms with van der Waals surface area (Å²) in [5, 5.41) is 10.5. The lowest BCUT2D eigenvalue weighted by molar-refractivity contribution is -0.136. The van der Waals surface area contributed by atoms with Crippen LogP contribution in [0.1, 0.15) is 58.8 Å². The quantitative estimate of drug-likeness (QED) is 0.839. The summed E-state index contributed by atoms with van der Waals surface area (Å²) in [6.07, 6.45) is 6.32. The molecule has 2 aliphatic rings. The third-order valence-corrected chi connectivity index (χ3v) is 5.11. The topological polar surface area (TPSA) is 43.8 Å². The van der Waals surface area contributed by atoms with E-state index in [0.29, 0.717) is 12.5 Å². The maximum absolute atomic E-state index is 12.4. The van der Waals surface area contributed by atoms with E-state index in [-0.39, 0.29) is 5.91 Å². The van der Waals surface area contributed by atoms with Crippen molar-refractivity contribution < 1.29 is 9.90 Å². The Bertz CT molecular complexity index is 322. The van der Waals surface area contributed by atoms with Crippen molar-refractivity contribution in [3.63, 3.8) is 0 Å². The largest absolute Gasteiger partial charge is 0.389 e. The molecule has 116 valence electrons. The van der Waals surface area contributed by atoms with Crippen molar-refractivity contribution in [2.24, 2.45) is 0 Å². The number of rotatable bonds is 5. The molecule has 1 saturated carbocycles. The summed E-state index contributed by atoms with van der Waals surface area (Å²) in [6.45, 7) is 8.16. The summed E-state index contributed by atoms with van der Waals surface area (Å²) in [4.78, 5) is 16.8. The van der Waals surface area contributed by atoms with Crippen LogP contribution in [0.5, 0.6) is 0 Å². The number of aliphatic hydroxyl groups is 1. The molecule has 2 rings (SSSR count). The van der Waals surface area contributed by atoms with E-state index in [9.17, 15) is 9.90 Å². The Balaban J connectivity index is 1.85. The maximum Gasteiger partial charge on any atom is 0.225 e. The zero-order chi connectivity index (χ0) is 14.6. The van der Waals surface area contributed by atoms with E-state index in [1.807, 2.05) is 4.90 Å². The molecule has 0 radical (unpaired) electrons. The molecule has 0 bridgehead atoms. The Morgan fingerprint density at radius 3 is 2.50 bits per heavy atom. The highest BCUT2D eigenvalue weighted by Crippen LogP contribution is 2.32. The van der Waals surface area contributed by atoms with Gasteiger partial charge in [0.1, 0.15) is 0 Å². The average molecular weight is 282 g/mol. The first kappa shape index (κ1) is 15.8. The fraction of sp³-hybridized carbons (Fsp3) is 0.938. The zero-order valence-electron chi connectivity index (χ0n) is 13.1. The standard InChI is InChI=1S/C16H30N2O2/c1-3-17(4-2)14-8-11-18(13-14)15(19)12-16(20)9-6-5-7-10-16/h14,20H,3-13H2,1-2H3. The van der Waals surface area contributed by atoms with Crippen LogP contribution in [-0.2, 0) is 4.79 Å². The molecule has 0 aromatic rings. The molecule has 4 nitrogen and oxygen atoms in total. The Morgan fingerprint density at radius 1 is 1.25 bits per heavy atom. The monoisotopic (exact) mass is 282 g/mol. The Kier molecular flexibility index (Phi) is 5.44. The van der Waals surface area contributed by atoms with E-state index in [0.717, 1.165) is 58.3 Å². The smallest absolute Gasteiger partial charge is 0.225 e. The third-order valence-electron chi connectivity index (χ3n) is 5.11. The van der Waals surface area contributed by atoms with Gasteiger partial charge in [0.25, 0.3) is 0 Å². The van der Waals surface area contributed by atoms with Crippen molar-refractivity contribution in [2.45, 2.75) is 70.4 Å². The molecular formula is C16H30N2O2. The van der Waals surface area contributed by atoms with Gasteiger partial charge in [0, 0.05) is 19.1 Å². The van der Waals surface area contributed by atoms with Crippen LogP contribution in [0.3, 0.4) is 0 Å². The van der Waals surface area contributed by atoms with Crippen LogP contribution < -0.4 is 0 Å². The fourth-order valence-electron chi connectivity index (χ4n) is 3.79. The van der Waals surface area contributed by atoms with Crippen molar-refractivity contribution in [3.05, 3.63) is 0 Å². The molecule has 4 heteroatoms. The van der Waals surface area contributed by atoms with E-state index < -0.39 is 5.60 Å². The normalized spacial score (nSPS) is 26.2. The van der Waals surface area contributed by atoms with Crippen LogP contribution >= 0.6 is 0 Å². The van der Waals surface area contributed by atoms with Crippen molar-refractivity contribution in [1.29, 1.82) is 0 Å². The van der Waals surface area contributed by atoms with Crippen LogP contribution in [0, 0.1) is 0 Å². The Morgan fingerprint density at radius 2 is 1.90 bits per heavy atom. The van der Waals surface area contributed by atoms with Gasteiger partial charge in [-0.1, -0.05) is 33.1 Å². The predicted octanol–water partition coefficient (Wildman–Crippen LogP) is 2.01. The second-order valence-corrected chi connectivity index (χ2v) is 6.47. The van der Waals surface area contributed by atoms with Gasteiger partial charge in [0.15, 0.2) is 0 Å². The van der Waals surface area contributed by atoms with Gasteiger partial charge < -0.3 is 10.0 Å². The molecule has 1 saturated heterocycles. The lowest BCUT2D eigenvalue weighted by atomic mass is 9.82. The minimum atomic E-state index is -0.720. The van der Waals surface area contributed by atoms with E-state index in [2.05, 4.69) is 18.7 Å². The maximum atomic E-state index is 12.4. The van der Waals surface area contributed by atoms with Crippen LogP contribution in [0.2, 0.25) is 0 Å². The second-order valence-electron chi connectivity index (χ2n) is 6.47. The third kappa shape index (κ3) is 3.73. The van der Waals surface area contributed by atoms with Crippen molar-refractivity contribution in [2.75, 3.05) is 26.2 Å². The summed E-state index contributed by atoms with van der Waals surface area (Å²) in [7, 11) is 0. The van der Waals surface area contributed by atoms with E-state index >= 15 is 0 Å². The average Bonchev–Trinajstić information content (AvgIpc) is 2.90. The minimum absolute atomic E-state index is 0.157. The molecule has 1 unspecified atom stereocenters. The van der Waals surface area contributed by atoms with Gasteiger partial charge in [-0.15, -0.1) is 0 Å². The first-order chi connectivity index (χ1) is 9.58. The van der Waals surface area contributed by atoms with Crippen LogP contribution in [0.4, 0.5) is 0 Å². The number of hydrogen-bond donors (Lipinski definition) is 1. The zero-order valence-corrected chi connectivity index (χ0v) is 13.1. The highest BCUT2D eigenvalue weighted by atomic mass is 16.3. The van der Waals surface area contributed by atoms with Crippen LogP contribution in [-0.4, -0.2) is 58.6 Å². The Labute approximate surface area is 123 Å².